The molecule has 114 valence electrons. The molecule has 2 heterocycles. The Hall–Kier alpha value is -1.42. The number of halogens is 1. The van der Waals surface area contributed by atoms with Gasteiger partial charge in [0.15, 0.2) is 0 Å². The SMILES string of the molecule is CC(CC(=O)N1CCC2CCC(C1)N2)c1ccccc1F. The Labute approximate surface area is 125 Å². The second-order valence-electron chi connectivity index (χ2n) is 6.39. The topological polar surface area (TPSA) is 32.3 Å². The minimum absolute atomic E-state index is 0.0768. The van der Waals surface area contributed by atoms with Gasteiger partial charge in [-0.25, -0.2) is 4.39 Å². The lowest BCUT2D eigenvalue weighted by Gasteiger charge is -2.26. The van der Waals surface area contributed by atoms with E-state index in [9.17, 15) is 9.18 Å². The van der Waals surface area contributed by atoms with Gasteiger partial charge in [0.05, 0.1) is 0 Å². The molecule has 0 spiro atoms. The first-order valence-corrected chi connectivity index (χ1v) is 7.91. The zero-order valence-electron chi connectivity index (χ0n) is 12.5. The van der Waals surface area contributed by atoms with Gasteiger partial charge < -0.3 is 10.2 Å². The first-order valence-electron chi connectivity index (χ1n) is 7.91. The molecule has 3 nitrogen and oxygen atoms in total. The molecule has 2 saturated heterocycles. The maximum absolute atomic E-state index is 13.8. The fraction of sp³-hybridized carbons (Fsp3) is 0.588. The van der Waals surface area contributed by atoms with E-state index < -0.39 is 0 Å². The van der Waals surface area contributed by atoms with Gasteiger partial charge in [-0.1, -0.05) is 25.1 Å². The summed E-state index contributed by atoms with van der Waals surface area (Å²) in [5.74, 6) is -0.137. The van der Waals surface area contributed by atoms with Crippen LogP contribution >= 0.6 is 0 Å². The van der Waals surface area contributed by atoms with Crippen molar-refractivity contribution < 1.29 is 9.18 Å². The number of fused-ring (bicyclic) bond motifs is 2. The Morgan fingerprint density at radius 2 is 2.10 bits per heavy atom. The molecule has 1 N–H and O–H groups in total. The molecule has 3 atom stereocenters. The van der Waals surface area contributed by atoms with E-state index in [-0.39, 0.29) is 17.6 Å². The number of hydrogen-bond donors (Lipinski definition) is 1. The van der Waals surface area contributed by atoms with E-state index in [1.54, 1.807) is 12.1 Å². The third-order valence-electron chi connectivity index (χ3n) is 4.79. The molecule has 0 aliphatic carbocycles. The summed E-state index contributed by atoms with van der Waals surface area (Å²) in [6.45, 7) is 3.56. The minimum Gasteiger partial charge on any atom is -0.341 e. The van der Waals surface area contributed by atoms with Crippen LogP contribution in [0.3, 0.4) is 0 Å². The molecule has 2 fully saturated rings. The van der Waals surface area contributed by atoms with Gasteiger partial charge in [-0.2, -0.15) is 0 Å². The molecule has 0 radical (unpaired) electrons. The summed E-state index contributed by atoms with van der Waals surface area (Å²) in [7, 11) is 0. The molecule has 0 aromatic heterocycles. The molecule has 2 aliphatic heterocycles. The van der Waals surface area contributed by atoms with Crippen molar-refractivity contribution in [1.82, 2.24) is 10.2 Å². The van der Waals surface area contributed by atoms with E-state index >= 15 is 0 Å². The van der Waals surface area contributed by atoms with E-state index in [1.807, 2.05) is 17.9 Å². The summed E-state index contributed by atoms with van der Waals surface area (Å²) in [5.41, 5.74) is 0.639. The fourth-order valence-electron chi connectivity index (χ4n) is 3.55. The zero-order valence-corrected chi connectivity index (χ0v) is 12.5. The van der Waals surface area contributed by atoms with Crippen molar-refractivity contribution in [3.05, 3.63) is 35.6 Å². The zero-order chi connectivity index (χ0) is 14.8. The molecule has 4 heteroatoms. The van der Waals surface area contributed by atoms with Crippen molar-refractivity contribution in [2.24, 2.45) is 0 Å². The number of rotatable bonds is 3. The lowest BCUT2D eigenvalue weighted by atomic mass is 9.96. The van der Waals surface area contributed by atoms with Crippen LogP contribution in [0, 0.1) is 5.82 Å². The molecular weight excluding hydrogens is 267 g/mol. The van der Waals surface area contributed by atoms with E-state index in [2.05, 4.69) is 5.32 Å². The lowest BCUT2D eigenvalue weighted by molar-refractivity contribution is -0.131. The first kappa shape index (κ1) is 14.5. The van der Waals surface area contributed by atoms with Crippen LogP contribution in [0.5, 0.6) is 0 Å². The minimum atomic E-state index is -0.214. The summed E-state index contributed by atoms with van der Waals surface area (Å²) < 4.78 is 13.8. The summed E-state index contributed by atoms with van der Waals surface area (Å²) in [5, 5.41) is 3.58. The highest BCUT2D eigenvalue weighted by atomic mass is 19.1. The molecule has 1 aromatic rings. The van der Waals surface area contributed by atoms with Crippen LogP contribution in [0.2, 0.25) is 0 Å². The summed E-state index contributed by atoms with van der Waals surface area (Å²) >= 11 is 0. The van der Waals surface area contributed by atoms with Gasteiger partial charge in [-0.3, -0.25) is 4.79 Å². The van der Waals surface area contributed by atoms with Crippen molar-refractivity contribution in [1.29, 1.82) is 0 Å². The highest BCUT2D eigenvalue weighted by Crippen LogP contribution is 2.25. The highest BCUT2D eigenvalue weighted by Gasteiger charge is 2.31. The van der Waals surface area contributed by atoms with Gasteiger partial charge in [0.2, 0.25) is 5.91 Å². The molecule has 2 bridgehead atoms. The average molecular weight is 290 g/mol. The van der Waals surface area contributed by atoms with Crippen LogP contribution in [0.1, 0.15) is 44.1 Å². The van der Waals surface area contributed by atoms with Gasteiger partial charge >= 0.3 is 0 Å². The number of nitrogens with one attached hydrogen (secondary N) is 1. The van der Waals surface area contributed by atoms with Crippen molar-refractivity contribution in [2.45, 2.75) is 50.6 Å². The van der Waals surface area contributed by atoms with Crippen LogP contribution in [-0.2, 0) is 4.79 Å². The Balaban J connectivity index is 1.62. The van der Waals surface area contributed by atoms with E-state index in [1.165, 1.54) is 12.5 Å². The molecule has 21 heavy (non-hydrogen) atoms. The molecule has 0 saturated carbocycles. The summed E-state index contributed by atoms with van der Waals surface area (Å²) in [4.78, 5) is 14.5. The normalized spacial score (nSPS) is 26.5. The number of amides is 1. The number of carbonyl (C=O) groups excluding carboxylic acids is 1. The fourth-order valence-corrected chi connectivity index (χ4v) is 3.55. The Morgan fingerprint density at radius 1 is 1.33 bits per heavy atom. The third-order valence-corrected chi connectivity index (χ3v) is 4.79. The molecule has 1 amide bonds. The van der Waals surface area contributed by atoms with Crippen molar-refractivity contribution in [3.63, 3.8) is 0 Å². The van der Waals surface area contributed by atoms with Gasteiger partial charge in [-0.15, -0.1) is 0 Å². The number of nitrogens with zero attached hydrogens (tertiary/aromatic N) is 1. The highest BCUT2D eigenvalue weighted by molar-refractivity contribution is 5.77. The number of hydrogen-bond acceptors (Lipinski definition) is 2. The van der Waals surface area contributed by atoms with Gasteiger partial charge in [0.25, 0.3) is 0 Å². The van der Waals surface area contributed by atoms with E-state index in [0.717, 1.165) is 25.9 Å². The predicted octanol–water partition coefficient (Wildman–Crippen LogP) is 2.67. The van der Waals surface area contributed by atoms with Crippen LogP contribution < -0.4 is 5.32 Å². The van der Waals surface area contributed by atoms with Gasteiger partial charge in [-0.05, 0) is 36.8 Å². The maximum atomic E-state index is 13.8. The standard InChI is InChI=1S/C17H23FN2O/c1-12(15-4-2-3-5-16(15)18)10-17(21)20-9-8-13-6-7-14(11-20)19-13/h2-5,12-14,19H,6-11H2,1H3. The van der Waals surface area contributed by atoms with Gasteiger partial charge in [0, 0.05) is 31.6 Å². The smallest absolute Gasteiger partial charge is 0.223 e. The average Bonchev–Trinajstić information content (AvgIpc) is 2.78. The summed E-state index contributed by atoms with van der Waals surface area (Å²) in [6.07, 6.45) is 3.82. The third kappa shape index (κ3) is 3.26. The van der Waals surface area contributed by atoms with Crippen LogP contribution in [0.4, 0.5) is 4.39 Å². The summed E-state index contributed by atoms with van der Waals surface area (Å²) in [6, 6.07) is 7.78. The molecular formula is C17H23FN2O. The van der Waals surface area contributed by atoms with Crippen LogP contribution in [0.15, 0.2) is 24.3 Å². The quantitative estimate of drug-likeness (QED) is 0.928. The van der Waals surface area contributed by atoms with E-state index in [0.29, 0.717) is 24.1 Å². The second-order valence-corrected chi connectivity index (χ2v) is 6.39. The molecule has 3 rings (SSSR count). The largest absolute Gasteiger partial charge is 0.341 e. The number of carbonyl (C=O) groups is 1. The lowest BCUT2D eigenvalue weighted by Crippen LogP contribution is -2.39. The van der Waals surface area contributed by atoms with Crippen LogP contribution in [0.25, 0.3) is 0 Å². The van der Waals surface area contributed by atoms with Crippen molar-refractivity contribution >= 4 is 5.91 Å². The Morgan fingerprint density at radius 3 is 2.90 bits per heavy atom. The molecule has 3 unspecified atom stereocenters. The molecule has 1 aromatic carbocycles. The number of benzene rings is 1. The Kier molecular flexibility index (Phi) is 4.24. The van der Waals surface area contributed by atoms with Crippen molar-refractivity contribution in [3.8, 4) is 0 Å². The first-order chi connectivity index (χ1) is 10.1. The monoisotopic (exact) mass is 290 g/mol. The predicted molar refractivity (Wildman–Crippen MR) is 80.6 cm³/mol. The molecule has 2 aliphatic rings. The number of likely N-dealkylation sites (tertiary alicyclic amines) is 1. The second kappa shape index (κ2) is 6.14. The Bertz CT molecular complexity index is 519. The van der Waals surface area contributed by atoms with Crippen molar-refractivity contribution in [2.75, 3.05) is 13.1 Å². The maximum Gasteiger partial charge on any atom is 0.223 e. The van der Waals surface area contributed by atoms with Gasteiger partial charge in [0.1, 0.15) is 5.82 Å². The van der Waals surface area contributed by atoms with E-state index in [4.69, 9.17) is 0 Å². The van der Waals surface area contributed by atoms with Crippen LogP contribution in [-0.4, -0.2) is 36.0 Å².